The molecule has 18 heavy (non-hydrogen) atoms. The van der Waals surface area contributed by atoms with Gasteiger partial charge >= 0.3 is 0 Å². The summed E-state index contributed by atoms with van der Waals surface area (Å²) in [6.45, 7) is 7.90. The van der Waals surface area contributed by atoms with Crippen LogP contribution in [0.5, 0.6) is 0 Å². The molecule has 0 saturated carbocycles. The third-order valence-electron chi connectivity index (χ3n) is 2.90. The molecule has 7 heteroatoms. The van der Waals surface area contributed by atoms with Gasteiger partial charge < -0.3 is 0 Å². The van der Waals surface area contributed by atoms with Crippen molar-refractivity contribution in [1.82, 2.24) is 14.5 Å². The van der Waals surface area contributed by atoms with E-state index < -0.39 is 10.0 Å². The molecule has 0 aromatic carbocycles. The molecule has 1 aromatic heterocycles. The highest BCUT2D eigenvalue weighted by Gasteiger charge is 2.24. The van der Waals surface area contributed by atoms with E-state index >= 15 is 0 Å². The number of aryl methyl sites for hydroxylation is 2. The predicted molar refractivity (Wildman–Crippen MR) is 75.4 cm³/mol. The van der Waals surface area contributed by atoms with Crippen LogP contribution in [0.25, 0.3) is 0 Å². The minimum absolute atomic E-state index is 0.115. The van der Waals surface area contributed by atoms with Crippen molar-refractivity contribution in [1.29, 1.82) is 0 Å². The molecule has 0 aliphatic rings. The summed E-state index contributed by atoms with van der Waals surface area (Å²) in [5.74, 6) is 0.365. The number of nitrogens with zero attached hydrogens (tertiary/aromatic N) is 2. The molecule has 1 unspecified atom stereocenters. The zero-order chi connectivity index (χ0) is 14.1. The number of nitrogens with one attached hydrogen (secondary N) is 1. The maximum Gasteiger partial charge on any atom is 0.244 e. The van der Waals surface area contributed by atoms with Gasteiger partial charge in [-0.1, -0.05) is 29.8 Å². The number of sulfonamides is 1. The molecule has 1 heterocycles. The number of alkyl halides is 1. The Labute approximate surface area is 117 Å². The van der Waals surface area contributed by atoms with Crippen LogP contribution in [-0.4, -0.2) is 29.6 Å². The second kappa shape index (κ2) is 5.71. The fourth-order valence-electron chi connectivity index (χ4n) is 1.64. The first-order valence-electron chi connectivity index (χ1n) is 5.80. The smallest absolute Gasteiger partial charge is 0.244 e. The standard InChI is InChI=1S/C11H20BrN3O2S/c1-7(2)10(12)6-13-18(16,17)11-8(3)14-15(5)9(11)4/h7,10,13H,6H2,1-5H3. The molecule has 0 aliphatic carbocycles. The molecule has 0 radical (unpaired) electrons. The van der Waals surface area contributed by atoms with Gasteiger partial charge in [-0.2, -0.15) is 5.10 Å². The van der Waals surface area contributed by atoms with Crippen molar-refractivity contribution in [3.8, 4) is 0 Å². The lowest BCUT2D eigenvalue weighted by Gasteiger charge is -2.14. The highest BCUT2D eigenvalue weighted by molar-refractivity contribution is 9.09. The van der Waals surface area contributed by atoms with E-state index in [1.54, 1.807) is 25.6 Å². The first-order valence-corrected chi connectivity index (χ1v) is 8.20. The molecule has 1 aromatic rings. The molecule has 104 valence electrons. The second-order valence-electron chi connectivity index (χ2n) is 4.74. The lowest BCUT2D eigenvalue weighted by molar-refractivity contribution is 0.561. The molecular formula is C11H20BrN3O2S. The first-order chi connectivity index (χ1) is 8.16. The van der Waals surface area contributed by atoms with E-state index in [0.29, 0.717) is 23.9 Å². The lowest BCUT2D eigenvalue weighted by atomic mass is 10.1. The predicted octanol–water partition coefficient (Wildman–Crippen LogP) is 1.73. The molecule has 0 saturated heterocycles. The minimum Gasteiger partial charge on any atom is -0.271 e. The summed E-state index contributed by atoms with van der Waals surface area (Å²) in [7, 11) is -1.75. The van der Waals surface area contributed by atoms with E-state index in [4.69, 9.17) is 0 Å². The van der Waals surface area contributed by atoms with Gasteiger partial charge in [0.25, 0.3) is 0 Å². The average molecular weight is 338 g/mol. The summed E-state index contributed by atoms with van der Waals surface area (Å²) < 4.78 is 28.7. The van der Waals surface area contributed by atoms with Gasteiger partial charge in [-0.15, -0.1) is 0 Å². The molecule has 0 spiro atoms. The highest BCUT2D eigenvalue weighted by atomic mass is 79.9. The quantitative estimate of drug-likeness (QED) is 0.832. The van der Waals surface area contributed by atoms with E-state index in [-0.39, 0.29) is 9.72 Å². The van der Waals surface area contributed by atoms with Crippen LogP contribution in [0.4, 0.5) is 0 Å². The van der Waals surface area contributed by atoms with Crippen molar-refractivity contribution in [2.75, 3.05) is 6.54 Å². The molecular weight excluding hydrogens is 318 g/mol. The third-order valence-corrected chi connectivity index (χ3v) is 5.96. The van der Waals surface area contributed by atoms with E-state index in [1.165, 1.54) is 0 Å². The van der Waals surface area contributed by atoms with Gasteiger partial charge in [0.2, 0.25) is 10.0 Å². The molecule has 0 aliphatic heterocycles. The molecule has 0 fully saturated rings. The summed E-state index contributed by atoms with van der Waals surface area (Å²) in [5.41, 5.74) is 1.17. The van der Waals surface area contributed by atoms with Crippen LogP contribution in [0.2, 0.25) is 0 Å². The summed E-state index contributed by atoms with van der Waals surface area (Å²) in [6, 6.07) is 0. The van der Waals surface area contributed by atoms with Crippen molar-refractivity contribution in [3.05, 3.63) is 11.4 Å². The fraction of sp³-hybridized carbons (Fsp3) is 0.727. The van der Waals surface area contributed by atoms with E-state index in [9.17, 15) is 8.42 Å². The van der Waals surface area contributed by atoms with E-state index in [0.717, 1.165) is 0 Å². The lowest BCUT2D eigenvalue weighted by Crippen LogP contribution is -2.32. The first kappa shape index (κ1) is 15.7. The largest absolute Gasteiger partial charge is 0.271 e. The Morgan fingerprint density at radius 1 is 1.39 bits per heavy atom. The normalized spacial score (nSPS) is 14.2. The van der Waals surface area contributed by atoms with Gasteiger partial charge in [-0.05, 0) is 19.8 Å². The summed E-state index contributed by atoms with van der Waals surface area (Å²) in [5, 5.41) is 4.12. The van der Waals surface area contributed by atoms with E-state index in [1.807, 2.05) is 13.8 Å². The van der Waals surface area contributed by atoms with Gasteiger partial charge in [0.1, 0.15) is 4.90 Å². The van der Waals surface area contributed by atoms with Crippen molar-refractivity contribution in [2.45, 2.75) is 37.4 Å². The third kappa shape index (κ3) is 3.33. The summed E-state index contributed by atoms with van der Waals surface area (Å²) in [4.78, 5) is 0.401. The number of hydrogen-bond acceptors (Lipinski definition) is 3. The summed E-state index contributed by atoms with van der Waals surface area (Å²) >= 11 is 3.46. The maximum absolute atomic E-state index is 12.2. The zero-order valence-corrected chi connectivity index (χ0v) is 13.8. The van der Waals surface area contributed by atoms with Crippen LogP contribution < -0.4 is 4.72 Å². The van der Waals surface area contributed by atoms with Crippen molar-refractivity contribution in [2.24, 2.45) is 13.0 Å². The van der Waals surface area contributed by atoms with Gasteiger partial charge in [0.05, 0.1) is 11.4 Å². The SMILES string of the molecule is Cc1nn(C)c(C)c1S(=O)(=O)NCC(Br)C(C)C. The Kier molecular flexibility index (Phi) is 4.97. The topological polar surface area (TPSA) is 64.0 Å². The average Bonchev–Trinajstić information content (AvgIpc) is 2.50. The number of rotatable bonds is 5. The van der Waals surface area contributed by atoms with Crippen LogP contribution in [0.3, 0.4) is 0 Å². The Bertz CT molecular complexity index is 523. The van der Waals surface area contributed by atoms with Gasteiger partial charge in [0, 0.05) is 18.4 Å². The van der Waals surface area contributed by atoms with Crippen LogP contribution in [0.15, 0.2) is 4.90 Å². The van der Waals surface area contributed by atoms with E-state index in [2.05, 4.69) is 25.8 Å². The monoisotopic (exact) mass is 337 g/mol. The Balaban J connectivity index is 2.94. The molecule has 5 nitrogen and oxygen atoms in total. The summed E-state index contributed by atoms with van der Waals surface area (Å²) in [6.07, 6.45) is 0. The van der Waals surface area contributed by atoms with Crippen LogP contribution >= 0.6 is 15.9 Å². The Morgan fingerprint density at radius 3 is 2.33 bits per heavy atom. The maximum atomic E-state index is 12.2. The van der Waals surface area contributed by atoms with Crippen molar-refractivity contribution < 1.29 is 8.42 Å². The molecule has 0 amide bonds. The highest BCUT2D eigenvalue weighted by Crippen LogP contribution is 2.19. The minimum atomic E-state index is -3.49. The van der Waals surface area contributed by atoms with Gasteiger partial charge in [-0.25, -0.2) is 13.1 Å². The molecule has 1 rings (SSSR count). The second-order valence-corrected chi connectivity index (χ2v) is 7.62. The molecule has 1 atom stereocenters. The van der Waals surface area contributed by atoms with Crippen molar-refractivity contribution >= 4 is 26.0 Å². The number of aromatic nitrogens is 2. The van der Waals surface area contributed by atoms with Gasteiger partial charge in [-0.3, -0.25) is 4.68 Å². The molecule has 0 bridgehead atoms. The number of hydrogen-bond donors (Lipinski definition) is 1. The van der Waals surface area contributed by atoms with Gasteiger partial charge in [0.15, 0.2) is 0 Å². The van der Waals surface area contributed by atoms with Crippen LogP contribution in [0, 0.1) is 19.8 Å². The van der Waals surface area contributed by atoms with Crippen LogP contribution in [-0.2, 0) is 17.1 Å². The Morgan fingerprint density at radius 2 is 1.94 bits per heavy atom. The number of halogens is 1. The Hall–Kier alpha value is -0.400. The zero-order valence-electron chi connectivity index (χ0n) is 11.4. The fourth-order valence-corrected chi connectivity index (χ4v) is 3.51. The van der Waals surface area contributed by atoms with Crippen molar-refractivity contribution in [3.63, 3.8) is 0 Å². The van der Waals surface area contributed by atoms with Crippen LogP contribution in [0.1, 0.15) is 25.2 Å². The molecule has 1 N–H and O–H groups in total.